The highest BCUT2D eigenvalue weighted by molar-refractivity contribution is 5.98. The molecular weight excluding hydrogens is 378 g/mol. The number of fused-ring (bicyclic) bond motifs is 1. The first-order chi connectivity index (χ1) is 14.7. The summed E-state index contributed by atoms with van der Waals surface area (Å²) in [6, 6.07) is 21.4. The van der Waals surface area contributed by atoms with E-state index in [9.17, 15) is 4.79 Å². The Bertz CT molecular complexity index is 1180. The zero-order valence-corrected chi connectivity index (χ0v) is 16.7. The third kappa shape index (κ3) is 4.18. The minimum absolute atomic E-state index is 0.0861. The quantitative estimate of drug-likeness (QED) is 0.497. The molecule has 0 aliphatic rings. The van der Waals surface area contributed by atoms with Gasteiger partial charge in [0.2, 0.25) is 0 Å². The van der Waals surface area contributed by atoms with Crippen LogP contribution in [0.1, 0.15) is 15.9 Å². The van der Waals surface area contributed by atoms with Crippen molar-refractivity contribution in [3.8, 4) is 16.9 Å². The summed E-state index contributed by atoms with van der Waals surface area (Å²) in [5.74, 6) is 0.619. The third-order valence-electron chi connectivity index (χ3n) is 4.91. The molecule has 0 saturated heterocycles. The maximum absolute atomic E-state index is 12.3. The van der Waals surface area contributed by atoms with Gasteiger partial charge in [0, 0.05) is 23.7 Å². The van der Waals surface area contributed by atoms with Crippen LogP contribution >= 0.6 is 0 Å². The molecule has 0 fully saturated rings. The van der Waals surface area contributed by atoms with Crippen LogP contribution in [0.3, 0.4) is 0 Å². The number of benzene rings is 3. The van der Waals surface area contributed by atoms with E-state index in [0.29, 0.717) is 12.1 Å². The molecule has 2 N–H and O–H groups in total. The smallest absolute Gasteiger partial charge is 0.251 e. The van der Waals surface area contributed by atoms with Crippen molar-refractivity contribution in [2.75, 3.05) is 20.3 Å². The van der Waals surface area contributed by atoms with Crippen molar-refractivity contribution < 1.29 is 14.6 Å². The van der Waals surface area contributed by atoms with Crippen LogP contribution in [-0.2, 0) is 6.54 Å². The largest absolute Gasteiger partial charge is 0.497 e. The van der Waals surface area contributed by atoms with Crippen LogP contribution in [0.25, 0.3) is 22.0 Å². The Morgan fingerprint density at radius 3 is 2.77 bits per heavy atom. The fourth-order valence-corrected chi connectivity index (χ4v) is 3.48. The van der Waals surface area contributed by atoms with Gasteiger partial charge in [0.15, 0.2) is 0 Å². The van der Waals surface area contributed by atoms with E-state index in [1.165, 1.54) is 0 Å². The first kappa shape index (κ1) is 19.7. The van der Waals surface area contributed by atoms with Crippen LogP contribution in [0, 0.1) is 0 Å². The highest BCUT2D eigenvalue weighted by Gasteiger charge is 2.11. The van der Waals surface area contributed by atoms with Crippen LogP contribution < -0.4 is 10.1 Å². The van der Waals surface area contributed by atoms with Crippen LogP contribution in [-0.4, -0.2) is 41.1 Å². The summed E-state index contributed by atoms with van der Waals surface area (Å²) in [4.78, 5) is 12.3. The molecule has 0 aliphatic carbocycles. The fraction of sp³-hybridized carbons (Fsp3) is 0.167. The van der Waals surface area contributed by atoms with Gasteiger partial charge in [-0.1, -0.05) is 36.4 Å². The number of carbonyl (C=O) groups is 1. The highest BCUT2D eigenvalue weighted by atomic mass is 16.5. The summed E-state index contributed by atoms with van der Waals surface area (Å²) in [5.41, 5.74) is 4.51. The number of hydrogen-bond donors (Lipinski definition) is 2. The molecule has 1 heterocycles. The molecule has 1 aromatic heterocycles. The first-order valence-electron chi connectivity index (χ1n) is 9.76. The molecule has 0 unspecified atom stereocenters. The number of aliphatic hydroxyl groups excluding tert-OH is 1. The van der Waals surface area contributed by atoms with E-state index in [1.807, 2.05) is 71.5 Å². The number of rotatable bonds is 7. The Morgan fingerprint density at radius 1 is 1.10 bits per heavy atom. The SMILES string of the molecule is COc1cccc(Cn2cc3c(-c4cccc(C(=O)NCCO)c4)cccc3n2)c1. The van der Waals surface area contributed by atoms with Crippen molar-refractivity contribution in [3.63, 3.8) is 0 Å². The molecule has 0 bridgehead atoms. The van der Waals surface area contributed by atoms with Crippen molar-refractivity contribution >= 4 is 16.8 Å². The molecule has 6 nitrogen and oxygen atoms in total. The van der Waals surface area contributed by atoms with Gasteiger partial charge in [0.25, 0.3) is 5.91 Å². The molecule has 0 aliphatic heterocycles. The number of methoxy groups -OCH3 is 1. The van der Waals surface area contributed by atoms with E-state index in [1.54, 1.807) is 13.2 Å². The number of carbonyl (C=O) groups excluding carboxylic acids is 1. The number of nitrogens with zero attached hydrogens (tertiary/aromatic N) is 2. The van der Waals surface area contributed by atoms with Crippen molar-refractivity contribution in [2.24, 2.45) is 0 Å². The predicted molar refractivity (Wildman–Crippen MR) is 117 cm³/mol. The molecule has 0 spiro atoms. The summed E-state index contributed by atoms with van der Waals surface area (Å²) in [5, 5.41) is 17.3. The Labute approximate surface area is 174 Å². The number of ether oxygens (including phenoxy) is 1. The topological polar surface area (TPSA) is 76.4 Å². The number of nitrogens with one attached hydrogen (secondary N) is 1. The summed E-state index contributed by atoms with van der Waals surface area (Å²) >= 11 is 0. The molecule has 1 amide bonds. The van der Waals surface area contributed by atoms with E-state index < -0.39 is 0 Å². The van der Waals surface area contributed by atoms with Gasteiger partial charge >= 0.3 is 0 Å². The van der Waals surface area contributed by atoms with Gasteiger partial charge in [-0.05, 0) is 47.0 Å². The van der Waals surface area contributed by atoms with Gasteiger partial charge in [-0.15, -0.1) is 0 Å². The number of aromatic nitrogens is 2. The van der Waals surface area contributed by atoms with Crippen molar-refractivity contribution in [3.05, 3.63) is 84.1 Å². The van der Waals surface area contributed by atoms with Gasteiger partial charge in [0.05, 0.1) is 25.8 Å². The summed E-state index contributed by atoms with van der Waals surface area (Å²) in [6.07, 6.45) is 2.03. The molecule has 30 heavy (non-hydrogen) atoms. The lowest BCUT2D eigenvalue weighted by molar-refractivity contribution is 0.0945. The Hall–Kier alpha value is -3.64. The van der Waals surface area contributed by atoms with E-state index in [0.717, 1.165) is 33.3 Å². The molecule has 0 radical (unpaired) electrons. The van der Waals surface area contributed by atoms with Crippen LogP contribution in [0.5, 0.6) is 5.75 Å². The third-order valence-corrected chi connectivity index (χ3v) is 4.91. The highest BCUT2D eigenvalue weighted by Crippen LogP contribution is 2.29. The zero-order valence-electron chi connectivity index (χ0n) is 16.7. The van der Waals surface area contributed by atoms with Crippen molar-refractivity contribution in [1.82, 2.24) is 15.1 Å². The molecule has 4 rings (SSSR count). The number of amides is 1. The average Bonchev–Trinajstić information content (AvgIpc) is 3.20. The minimum atomic E-state index is -0.202. The minimum Gasteiger partial charge on any atom is -0.497 e. The second-order valence-corrected chi connectivity index (χ2v) is 6.98. The van der Waals surface area contributed by atoms with Gasteiger partial charge in [-0.2, -0.15) is 5.10 Å². The lowest BCUT2D eigenvalue weighted by atomic mass is 10.00. The van der Waals surface area contributed by atoms with Crippen molar-refractivity contribution in [1.29, 1.82) is 0 Å². The Balaban J connectivity index is 1.66. The summed E-state index contributed by atoms with van der Waals surface area (Å²) in [7, 11) is 1.66. The second kappa shape index (κ2) is 8.80. The number of aliphatic hydroxyl groups is 1. The van der Waals surface area contributed by atoms with Gasteiger partial charge < -0.3 is 15.2 Å². The summed E-state index contributed by atoms with van der Waals surface area (Å²) in [6.45, 7) is 0.780. The van der Waals surface area contributed by atoms with E-state index in [2.05, 4.69) is 5.32 Å². The van der Waals surface area contributed by atoms with Crippen LogP contribution in [0.2, 0.25) is 0 Å². The average molecular weight is 401 g/mol. The molecule has 4 aromatic rings. The molecule has 6 heteroatoms. The first-order valence-corrected chi connectivity index (χ1v) is 9.76. The van der Waals surface area contributed by atoms with Gasteiger partial charge in [0.1, 0.15) is 5.75 Å². The Morgan fingerprint density at radius 2 is 1.93 bits per heavy atom. The van der Waals surface area contributed by atoms with E-state index in [-0.39, 0.29) is 19.1 Å². The van der Waals surface area contributed by atoms with E-state index >= 15 is 0 Å². The molecular formula is C24H23N3O3. The molecule has 0 saturated carbocycles. The maximum Gasteiger partial charge on any atom is 0.251 e. The van der Waals surface area contributed by atoms with Gasteiger partial charge in [-0.25, -0.2) is 0 Å². The number of hydrogen-bond acceptors (Lipinski definition) is 4. The summed E-state index contributed by atoms with van der Waals surface area (Å²) < 4.78 is 7.22. The molecule has 152 valence electrons. The Kier molecular flexibility index (Phi) is 5.77. The van der Waals surface area contributed by atoms with Crippen molar-refractivity contribution in [2.45, 2.75) is 6.54 Å². The zero-order chi connectivity index (χ0) is 20.9. The fourth-order valence-electron chi connectivity index (χ4n) is 3.48. The van der Waals surface area contributed by atoms with Crippen LogP contribution in [0.15, 0.2) is 72.9 Å². The maximum atomic E-state index is 12.3. The van der Waals surface area contributed by atoms with Gasteiger partial charge in [-0.3, -0.25) is 9.48 Å². The van der Waals surface area contributed by atoms with E-state index in [4.69, 9.17) is 14.9 Å². The molecule has 0 atom stereocenters. The standard InChI is InChI=1S/C24H23N3O3/c1-30-20-8-2-5-17(13-20)15-27-16-22-21(9-4-10-23(22)26-27)18-6-3-7-19(14-18)24(29)25-11-12-28/h2-10,13-14,16,28H,11-12,15H2,1H3,(H,25,29). The normalized spacial score (nSPS) is 10.9. The molecule has 3 aromatic carbocycles. The monoisotopic (exact) mass is 401 g/mol. The van der Waals surface area contributed by atoms with Crippen LogP contribution in [0.4, 0.5) is 0 Å². The predicted octanol–water partition coefficient (Wildman–Crippen LogP) is 3.48. The second-order valence-electron chi connectivity index (χ2n) is 6.98. The lowest BCUT2D eigenvalue weighted by Gasteiger charge is -2.07. The lowest BCUT2D eigenvalue weighted by Crippen LogP contribution is -2.26.